The number of nitrogens with zero attached hydrogens (tertiary/aromatic N) is 2. The van der Waals surface area contributed by atoms with Crippen LogP contribution in [-0.4, -0.2) is 30.5 Å². The third-order valence-electron chi connectivity index (χ3n) is 4.16. The molecular formula is C19H21N3O4. The van der Waals surface area contributed by atoms with Crippen molar-refractivity contribution in [1.82, 2.24) is 10.2 Å². The van der Waals surface area contributed by atoms with Crippen molar-refractivity contribution in [2.75, 3.05) is 20.6 Å². The van der Waals surface area contributed by atoms with Gasteiger partial charge in [-0.3, -0.25) is 15.0 Å². The summed E-state index contributed by atoms with van der Waals surface area (Å²) in [5.41, 5.74) is 0.511. The quantitative estimate of drug-likeness (QED) is 0.488. The van der Waals surface area contributed by atoms with Crippen LogP contribution in [-0.2, 0) is 6.54 Å². The number of para-hydroxylation sites is 1. The lowest BCUT2D eigenvalue weighted by Gasteiger charge is -2.22. The molecule has 7 nitrogen and oxygen atoms in total. The topological polar surface area (TPSA) is 84.7 Å². The Morgan fingerprint density at radius 3 is 2.65 bits per heavy atom. The summed E-state index contributed by atoms with van der Waals surface area (Å²) in [6.07, 6.45) is 1.66. The third-order valence-corrected chi connectivity index (χ3v) is 4.16. The zero-order valence-corrected chi connectivity index (χ0v) is 14.7. The van der Waals surface area contributed by atoms with Gasteiger partial charge in [0.2, 0.25) is 0 Å². The first-order chi connectivity index (χ1) is 12.6. The minimum atomic E-state index is -0.402. The molecule has 0 aliphatic heterocycles. The number of hydrogen-bond donors (Lipinski definition) is 1. The lowest BCUT2D eigenvalue weighted by atomic mass is 10.1. The summed E-state index contributed by atoms with van der Waals surface area (Å²) in [6, 6.07) is 14.1. The lowest BCUT2D eigenvalue weighted by molar-refractivity contribution is -0.384. The van der Waals surface area contributed by atoms with Crippen molar-refractivity contribution in [2.24, 2.45) is 0 Å². The van der Waals surface area contributed by atoms with Crippen molar-refractivity contribution in [2.45, 2.75) is 12.6 Å². The SMILES string of the molecule is CN(C)C(CNCc1ccc(-c2ccccc2[N+](=O)[O-])o1)c1ccco1. The summed E-state index contributed by atoms with van der Waals surface area (Å²) in [6.45, 7) is 1.20. The number of nitro benzene ring substituents is 1. The largest absolute Gasteiger partial charge is 0.468 e. The van der Waals surface area contributed by atoms with Crippen molar-refractivity contribution in [3.05, 3.63) is 76.4 Å². The van der Waals surface area contributed by atoms with Gasteiger partial charge in [-0.1, -0.05) is 12.1 Å². The van der Waals surface area contributed by atoms with E-state index in [1.54, 1.807) is 30.5 Å². The zero-order chi connectivity index (χ0) is 18.5. The molecule has 1 atom stereocenters. The Hall–Kier alpha value is -2.90. The van der Waals surface area contributed by atoms with Crippen LogP contribution in [0.1, 0.15) is 17.6 Å². The Morgan fingerprint density at radius 1 is 1.15 bits per heavy atom. The van der Waals surface area contributed by atoms with E-state index in [1.165, 1.54) is 6.07 Å². The summed E-state index contributed by atoms with van der Waals surface area (Å²) in [7, 11) is 3.99. The van der Waals surface area contributed by atoms with Gasteiger partial charge in [0, 0.05) is 12.6 Å². The van der Waals surface area contributed by atoms with Crippen LogP contribution in [0.15, 0.2) is 63.6 Å². The number of furan rings is 2. The van der Waals surface area contributed by atoms with Crippen molar-refractivity contribution in [3.63, 3.8) is 0 Å². The van der Waals surface area contributed by atoms with Crippen LogP contribution in [0.4, 0.5) is 5.69 Å². The molecule has 0 amide bonds. The molecule has 1 unspecified atom stereocenters. The summed E-state index contributed by atoms with van der Waals surface area (Å²) >= 11 is 0. The molecule has 26 heavy (non-hydrogen) atoms. The van der Waals surface area contributed by atoms with E-state index < -0.39 is 4.92 Å². The first-order valence-corrected chi connectivity index (χ1v) is 8.29. The van der Waals surface area contributed by atoms with E-state index in [0.29, 0.717) is 24.4 Å². The third kappa shape index (κ3) is 4.01. The van der Waals surface area contributed by atoms with Gasteiger partial charge >= 0.3 is 0 Å². The summed E-state index contributed by atoms with van der Waals surface area (Å²) in [4.78, 5) is 12.8. The number of likely N-dealkylation sites (N-methyl/N-ethyl adjacent to an activating group) is 1. The van der Waals surface area contributed by atoms with Gasteiger partial charge in [0.15, 0.2) is 0 Å². The van der Waals surface area contributed by atoms with E-state index in [2.05, 4.69) is 10.2 Å². The fourth-order valence-electron chi connectivity index (χ4n) is 2.81. The van der Waals surface area contributed by atoms with Gasteiger partial charge in [0.25, 0.3) is 5.69 Å². The first-order valence-electron chi connectivity index (χ1n) is 8.29. The van der Waals surface area contributed by atoms with Crippen molar-refractivity contribution >= 4 is 5.69 Å². The number of nitrogens with one attached hydrogen (secondary N) is 1. The molecular weight excluding hydrogens is 334 g/mol. The van der Waals surface area contributed by atoms with E-state index >= 15 is 0 Å². The van der Waals surface area contributed by atoms with Crippen LogP contribution in [0.25, 0.3) is 11.3 Å². The van der Waals surface area contributed by atoms with Gasteiger partial charge in [-0.25, -0.2) is 0 Å². The van der Waals surface area contributed by atoms with Crippen LogP contribution in [0, 0.1) is 10.1 Å². The molecule has 2 aromatic heterocycles. The molecule has 0 radical (unpaired) electrons. The molecule has 3 aromatic rings. The highest BCUT2D eigenvalue weighted by atomic mass is 16.6. The van der Waals surface area contributed by atoms with Gasteiger partial charge in [-0.15, -0.1) is 0 Å². The van der Waals surface area contributed by atoms with Crippen LogP contribution in [0.3, 0.4) is 0 Å². The number of benzene rings is 1. The van der Waals surface area contributed by atoms with Gasteiger partial charge < -0.3 is 14.2 Å². The molecule has 0 bridgehead atoms. The van der Waals surface area contributed by atoms with Gasteiger partial charge in [-0.2, -0.15) is 0 Å². The fourth-order valence-corrected chi connectivity index (χ4v) is 2.81. The second-order valence-corrected chi connectivity index (χ2v) is 6.17. The second-order valence-electron chi connectivity index (χ2n) is 6.17. The Morgan fingerprint density at radius 2 is 1.96 bits per heavy atom. The van der Waals surface area contributed by atoms with E-state index in [4.69, 9.17) is 8.83 Å². The minimum Gasteiger partial charge on any atom is -0.468 e. The van der Waals surface area contributed by atoms with E-state index in [9.17, 15) is 10.1 Å². The smallest absolute Gasteiger partial charge is 0.280 e. The van der Waals surface area contributed by atoms with E-state index in [0.717, 1.165) is 11.5 Å². The average molecular weight is 355 g/mol. The Kier molecular flexibility index (Phi) is 5.50. The highest BCUT2D eigenvalue weighted by Crippen LogP contribution is 2.30. The normalized spacial score (nSPS) is 12.4. The predicted octanol–water partition coefficient (Wildman–Crippen LogP) is 3.84. The number of hydrogen-bond acceptors (Lipinski definition) is 6. The molecule has 1 N–H and O–H groups in total. The molecule has 2 heterocycles. The highest BCUT2D eigenvalue weighted by Gasteiger charge is 2.18. The maximum absolute atomic E-state index is 11.2. The number of nitro groups is 1. The van der Waals surface area contributed by atoms with Crippen LogP contribution in [0.5, 0.6) is 0 Å². The Balaban J connectivity index is 1.65. The highest BCUT2D eigenvalue weighted by molar-refractivity contribution is 5.69. The van der Waals surface area contributed by atoms with Gasteiger partial charge in [0.05, 0.1) is 29.3 Å². The molecule has 136 valence electrons. The van der Waals surface area contributed by atoms with Crippen molar-refractivity contribution in [3.8, 4) is 11.3 Å². The minimum absolute atomic E-state index is 0.0341. The Labute approximate surface area is 151 Å². The molecule has 1 aromatic carbocycles. The summed E-state index contributed by atoms with van der Waals surface area (Å²) in [5, 5.41) is 14.5. The maximum atomic E-state index is 11.2. The second kappa shape index (κ2) is 7.99. The lowest BCUT2D eigenvalue weighted by Crippen LogP contribution is -2.30. The molecule has 0 saturated heterocycles. The predicted molar refractivity (Wildman–Crippen MR) is 97.6 cm³/mol. The fraction of sp³-hybridized carbons (Fsp3) is 0.263. The molecule has 0 spiro atoms. The molecule has 0 fully saturated rings. The monoisotopic (exact) mass is 355 g/mol. The van der Waals surface area contributed by atoms with Gasteiger partial charge in [0.1, 0.15) is 17.3 Å². The summed E-state index contributed by atoms with van der Waals surface area (Å²) in [5.74, 6) is 2.10. The molecule has 0 aliphatic carbocycles. The first kappa shape index (κ1) is 17.9. The number of rotatable bonds is 8. The van der Waals surface area contributed by atoms with Gasteiger partial charge in [-0.05, 0) is 44.4 Å². The van der Waals surface area contributed by atoms with Crippen molar-refractivity contribution < 1.29 is 13.8 Å². The van der Waals surface area contributed by atoms with Crippen LogP contribution >= 0.6 is 0 Å². The van der Waals surface area contributed by atoms with Crippen LogP contribution < -0.4 is 5.32 Å². The maximum Gasteiger partial charge on any atom is 0.280 e. The Bertz CT molecular complexity index is 855. The van der Waals surface area contributed by atoms with E-state index in [-0.39, 0.29) is 11.7 Å². The molecule has 0 aliphatic rings. The zero-order valence-electron chi connectivity index (χ0n) is 14.7. The molecule has 7 heteroatoms. The molecule has 0 saturated carbocycles. The summed E-state index contributed by atoms with van der Waals surface area (Å²) < 4.78 is 11.3. The van der Waals surface area contributed by atoms with Crippen molar-refractivity contribution in [1.29, 1.82) is 0 Å². The average Bonchev–Trinajstić information content (AvgIpc) is 3.30. The van der Waals surface area contributed by atoms with E-state index in [1.807, 2.05) is 32.3 Å². The van der Waals surface area contributed by atoms with Crippen LogP contribution in [0.2, 0.25) is 0 Å². The standard InChI is InChI=1S/C19H21N3O4/c1-21(2)17(19-8-5-11-25-19)13-20-12-14-9-10-18(26-14)15-6-3-4-7-16(15)22(23)24/h3-11,17,20H,12-13H2,1-2H3. The molecule has 3 rings (SSSR count).